The molecule has 1 amide bonds. The molecule has 0 saturated carbocycles. The van der Waals surface area contributed by atoms with Crippen molar-refractivity contribution in [3.05, 3.63) is 51.0 Å². The van der Waals surface area contributed by atoms with E-state index in [1.165, 1.54) is 19.0 Å². The van der Waals surface area contributed by atoms with Gasteiger partial charge in [-0.25, -0.2) is 0 Å². The van der Waals surface area contributed by atoms with Gasteiger partial charge in [0.15, 0.2) is 11.4 Å². The van der Waals surface area contributed by atoms with Gasteiger partial charge in [0.25, 0.3) is 5.91 Å². The minimum atomic E-state index is -2.92. The van der Waals surface area contributed by atoms with Gasteiger partial charge in [0.2, 0.25) is 5.78 Å². The fraction of sp³-hybridized carbons (Fsp3) is 0.519. The van der Waals surface area contributed by atoms with Crippen LogP contribution in [0.3, 0.4) is 0 Å². The summed E-state index contributed by atoms with van der Waals surface area (Å²) in [4.78, 5) is 40.9. The van der Waals surface area contributed by atoms with Crippen molar-refractivity contribution in [1.29, 1.82) is 0 Å². The number of benzene rings is 1. The van der Waals surface area contributed by atoms with Gasteiger partial charge >= 0.3 is 0 Å². The molecular weight excluding hydrogens is 480 g/mol. The van der Waals surface area contributed by atoms with Crippen molar-refractivity contribution in [3.63, 3.8) is 0 Å². The van der Waals surface area contributed by atoms with Crippen molar-refractivity contribution in [3.8, 4) is 5.75 Å². The average Bonchev–Trinajstić information content (AvgIpc) is 2.76. The van der Waals surface area contributed by atoms with Crippen molar-refractivity contribution >= 4 is 17.5 Å². The molecule has 4 rings (SSSR count). The molecule has 7 N–H and O–H groups in total. The summed E-state index contributed by atoms with van der Waals surface area (Å²) < 4.78 is 0. The van der Waals surface area contributed by atoms with Crippen molar-refractivity contribution in [2.45, 2.75) is 63.7 Å². The van der Waals surface area contributed by atoms with Crippen LogP contribution in [0, 0.1) is 18.8 Å². The number of hydrogen-bond acceptors (Lipinski definition) is 9. The number of aromatic hydroxyl groups is 1. The van der Waals surface area contributed by atoms with E-state index in [4.69, 9.17) is 5.73 Å². The van der Waals surface area contributed by atoms with Crippen LogP contribution in [0.4, 0.5) is 0 Å². The quantitative estimate of drug-likeness (QED) is 0.317. The second-order valence-corrected chi connectivity index (χ2v) is 11.7. The Labute approximate surface area is 214 Å². The third kappa shape index (κ3) is 3.32. The highest BCUT2D eigenvalue weighted by Gasteiger charge is 2.67. The molecule has 10 nitrogen and oxygen atoms in total. The zero-order valence-electron chi connectivity index (χ0n) is 21.9. The number of hydrogen-bond donors (Lipinski definition) is 6. The van der Waals surface area contributed by atoms with E-state index in [0.717, 1.165) is 0 Å². The molecule has 0 heterocycles. The minimum absolute atomic E-state index is 0.0644. The number of phenols is 1. The zero-order valence-corrected chi connectivity index (χ0v) is 21.9. The van der Waals surface area contributed by atoms with E-state index in [0.29, 0.717) is 16.7 Å². The number of ketones is 2. The number of likely N-dealkylation sites (N-methyl/N-ethyl adjacent to an activating group) is 1. The number of nitrogens with zero attached hydrogens (tertiary/aromatic N) is 1. The van der Waals surface area contributed by atoms with Gasteiger partial charge in [0, 0.05) is 17.1 Å². The fourth-order valence-electron chi connectivity index (χ4n) is 6.59. The second-order valence-electron chi connectivity index (χ2n) is 11.7. The highest BCUT2D eigenvalue weighted by atomic mass is 16.4. The van der Waals surface area contributed by atoms with Crippen LogP contribution in [-0.4, -0.2) is 79.7 Å². The van der Waals surface area contributed by atoms with Crippen LogP contribution in [0.25, 0.3) is 0 Å². The standard InChI is InChI=1S/C27H34N2O8/c1-9-8-11(26(3,4)5)19(30)14-12(9)10(2)13-15(20(14)31)23(34)27(37)17(21(13)32)18(29(6)7)22(33)16(24(27)35)25(28)36/h8,10,13,17-18,21,30,32-34,37H,1-7H3,(H2,28,36)/t10-,13-,17-,18-,21+,27+/m1/s1. The van der Waals surface area contributed by atoms with Crippen molar-refractivity contribution in [2.24, 2.45) is 17.6 Å². The van der Waals surface area contributed by atoms with E-state index in [9.17, 15) is 39.9 Å². The number of aliphatic hydroxyl groups is 4. The minimum Gasteiger partial charge on any atom is -0.510 e. The molecule has 0 aromatic heterocycles. The fourth-order valence-corrected chi connectivity index (χ4v) is 6.59. The number of carbonyl (C=O) groups excluding carboxylic acids is 3. The Balaban J connectivity index is 2.08. The number of primary amides is 1. The van der Waals surface area contributed by atoms with E-state index >= 15 is 0 Å². The lowest BCUT2D eigenvalue weighted by atomic mass is 9.54. The third-order valence-corrected chi connectivity index (χ3v) is 8.24. The number of Topliss-reactive ketones (excluding diaryl/α,β-unsaturated/α-hetero) is 2. The first-order valence-electron chi connectivity index (χ1n) is 12.1. The molecule has 1 aromatic carbocycles. The van der Waals surface area contributed by atoms with Gasteiger partial charge in [0.05, 0.1) is 23.6 Å². The number of amides is 1. The SMILES string of the molecule is Cc1cc(C(C)(C)C)c(O)c2c1[C@@H](C)[C@@H]1C(=C(O)[C@]3(O)C(=O)C(C(N)=O)=C(O)[C@H](N(C)C)[C@@H]3[C@H]1O)C2=O. The lowest BCUT2D eigenvalue weighted by Crippen LogP contribution is -2.68. The Kier molecular flexibility index (Phi) is 5.91. The Hall–Kier alpha value is -3.21. The van der Waals surface area contributed by atoms with Crippen molar-refractivity contribution in [1.82, 2.24) is 4.90 Å². The average molecular weight is 515 g/mol. The lowest BCUT2D eigenvalue weighted by molar-refractivity contribution is -0.162. The molecule has 0 aliphatic heterocycles. The molecule has 0 bridgehead atoms. The van der Waals surface area contributed by atoms with E-state index in [-0.39, 0.29) is 11.3 Å². The summed E-state index contributed by atoms with van der Waals surface area (Å²) in [5.74, 6) is -8.83. The Morgan fingerprint density at radius 1 is 1.14 bits per heavy atom. The summed E-state index contributed by atoms with van der Waals surface area (Å²) in [6, 6.07) is 0.503. The van der Waals surface area contributed by atoms with Crippen LogP contribution in [0.2, 0.25) is 0 Å². The maximum atomic E-state index is 13.9. The molecule has 3 aliphatic rings. The maximum Gasteiger partial charge on any atom is 0.255 e. The summed E-state index contributed by atoms with van der Waals surface area (Å²) in [7, 11) is 3.00. The lowest BCUT2D eigenvalue weighted by Gasteiger charge is -2.53. The number of aryl methyl sites for hydroxylation is 1. The van der Waals surface area contributed by atoms with Gasteiger partial charge < -0.3 is 31.3 Å². The van der Waals surface area contributed by atoms with Gasteiger partial charge in [-0.2, -0.15) is 0 Å². The number of rotatable bonds is 2. The Morgan fingerprint density at radius 2 is 1.70 bits per heavy atom. The largest absolute Gasteiger partial charge is 0.510 e. The predicted octanol–water partition coefficient (Wildman–Crippen LogP) is 1.26. The van der Waals surface area contributed by atoms with Crippen LogP contribution in [0.15, 0.2) is 28.7 Å². The molecule has 0 saturated heterocycles. The molecule has 0 spiro atoms. The number of phenolic OH excluding ortho intramolecular Hbond substituents is 1. The molecule has 10 heteroatoms. The summed E-state index contributed by atoms with van der Waals surface area (Å²) in [5, 5.41) is 56.9. The van der Waals surface area contributed by atoms with E-state index in [1.807, 2.05) is 20.8 Å². The first-order valence-corrected chi connectivity index (χ1v) is 12.1. The highest BCUT2D eigenvalue weighted by Crippen LogP contribution is 2.56. The molecule has 200 valence electrons. The normalized spacial score (nSPS) is 31.9. The molecule has 37 heavy (non-hydrogen) atoms. The smallest absolute Gasteiger partial charge is 0.255 e. The van der Waals surface area contributed by atoms with Gasteiger partial charge in [-0.1, -0.05) is 33.8 Å². The first-order chi connectivity index (χ1) is 16.9. The third-order valence-electron chi connectivity index (χ3n) is 8.24. The van der Waals surface area contributed by atoms with Crippen LogP contribution in [-0.2, 0) is 15.0 Å². The number of fused-ring (bicyclic) bond motifs is 3. The van der Waals surface area contributed by atoms with Crippen LogP contribution < -0.4 is 5.73 Å². The number of carbonyl (C=O) groups is 3. The van der Waals surface area contributed by atoms with Crippen LogP contribution in [0.5, 0.6) is 5.75 Å². The Morgan fingerprint density at radius 3 is 2.19 bits per heavy atom. The van der Waals surface area contributed by atoms with E-state index in [1.54, 1.807) is 19.9 Å². The van der Waals surface area contributed by atoms with Crippen molar-refractivity contribution < 1.29 is 39.9 Å². The van der Waals surface area contributed by atoms with E-state index < -0.39 is 81.1 Å². The first kappa shape index (κ1) is 26.8. The molecule has 6 atom stereocenters. The molecule has 0 radical (unpaired) electrons. The Bertz CT molecular complexity index is 1320. The zero-order chi connectivity index (χ0) is 28.1. The summed E-state index contributed by atoms with van der Waals surface area (Å²) in [6.45, 7) is 9.12. The summed E-state index contributed by atoms with van der Waals surface area (Å²) in [5.41, 5.74) is 2.18. The predicted molar refractivity (Wildman–Crippen MR) is 133 cm³/mol. The molecule has 1 aromatic rings. The molecule has 0 unspecified atom stereocenters. The monoisotopic (exact) mass is 514 g/mol. The van der Waals surface area contributed by atoms with E-state index in [2.05, 4.69) is 0 Å². The molecule has 0 fully saturated rings. The number of aliphatic hydroxyl groups excluding tert-OH is 3. The molecular formula is C27H34N2O8. The van der Waals surface area contributed by atoms with Crippen LogP contribution in [0.1, 0.15) is 60.7 Å². The highest BCUT2D eigenvalue weighted by molar-refractivity contribution is 6.25. The van der Waals surface area contributed by atoms with Gasteiger partial charge in [-0.3, -0.25) is 19.3 Å². The molecule has 3 aliphatic carbocycles. The van der Waals surface area contributed by atoms with Gasteiger partial charge in [0.1, 0.15) is 22.8 Å². The summed E-state index contributed by atoms with van der Waals surface area (Å²) in [6.07, 6.45) is -1.61. The maximum absolute atomic E-state index is 13.9. The van der Waals surface area contributed by atoms with Gasteiger partial charge in [-0.15, -0.1) is 0 Å². The van der Waals surface area contributed by atoms with Crippen molar-refractivity contribution in [2.75, 3.05) is 14.1 Å². The topological polar surface area (TPSA) is 182 Å². The van der Waals surface area contributed by atoms with Gasteiger partial charge in [-0.05, 0) is 43.5 Å². The second kappa shape index (κ2) is 8.14. The van der Waals surface area contributed by atoms with Crippen LogP contribution >= 0.6 is 0 Å². The summed E-state index contributed by atoms with van der Waals surface area (Å²) >= 11 is 0. The number of nitrogens with two attached hydrogens (primary N) is 1.